The Kier molecular flexibility index (Phi) is 8.00. The van der Waals surface area contributed by atoms with Gasteiger partial charge in [-0.3, -0.25) is 14.6 Å². The molecule has 186 valence electrons. The van der Waals surface area contributed by atoms with Crippen molar-refractivity contribution in [3.05, 3.63) is 57.3 Å². The Labute approximate surface area is 203 Å². The lowest BCUT2D eigenvalue weighted by Crippen LogP contribution is -2.46. The fourth-order valence-corrected chi connectivity index (χ4v) is 6.20. The van der Waals surface area contributed by atoms with E-state index in [0.29, 0.717) is 18.4 Å². The van der Waals surface area contributed by atoms with Gasteiger partial charge >= 0.3 is 12.1 Å². The lowest BCUT2D eigenvalue weighted by Gasteiger charge is -2.40. The van der Waals surface area contributed by atoms with Crippen LogP contribution in [0, 0.1) is 5.41 Å². The lowest BCUT2D eigenvalue weighted by atomic mass is 9.73. The number of likely N-dealkylation sites (tertiary alicyclic amines) is 2. The fourth-order valence-electron chi connectivity index (χ4n) is 5.10. The lowest BCUT2D eigenvalue weighted by molar-refractivity contribution is -0.158. The highest BCUT2D eigenvalue weighted by atomic mass is 32.1. The molecule has 2 aromatic rings. The highest BCUT2D eigenvalue weighted by molar-refractivity contribution is 7.11. The first-order chi connectivity index (χ1) is 16.3. The van der Waals surface area contributed by atoms with Gasteiger partial charge in [0.1, 0.15) is 0 Å². The van der Waals surface area contributed by atoms with Crippen molar-refractivity contribution in [2.45, 2.75) is 58.3 Å². The molecule has 1 aromatic carbocycles. The van der Waals surface area contributed by atoms with E-state index in [0.717, 1.165) is 32.2 Å². The number of nitrogens with zero attached hydrogens (tertiary/aromatic N) is 2. The van der Waals surface area contributed by atoms with Gasteiger partial charge in [-0.1, -0.05) is 18.2 Å². The molecule has 0 unspecified atom stereocenters. The van der Waals surface area contributed by atoms with Crippen LogP contribution in [0.3, 0.4) is 0 Å². The van der Waals surface area contributed by atoms with E-state index in [1.807, 2.05) is 11.3 Å². The molecule has 3 heterocycles. The van der Waals surface area contributed by atoms with Crippen molar-refractivity contribution >= 4 is 17.3 Å². The van der Waals surface area contributed by atoms with Crippen molar-refractivity contribution in [2.24, 2.45) is 5.41 Å². The molecule has 0 amide bonds. The van der Waals surface area contributed by atoms with Crippen molar-refractivity contribution < 1.29 is 22.7 Å². The standard InChI is InChI=1S/C26H33F3N2O2S/c1-2-33-24(32)25(17-20-6-5-7-21(16-20)26(27,28)29)10-14-31(15-11-25)19-23-9-8-22(34-23)18-30-12-3-4-13-30/h5-9,16H,2-4,10-15,17-19H2,1H3. The summed E-state index contributed by atoms with van der Waals surface area (Å²) in [5.41, 5.74) is -0.933. The molecule has 0 bridgehead atoms. The summed E-state index contributed by atoms with van der Waals surface area (Å²) in [6, 6.07) is 9.76. The minimum Gasteiger partial charge on any atom is -0.466 e. The molecule has 4 nitrogen and oxygen atoms in total. The van der Waals surface area contributed by atoms with Gasteiger partial charge in [0.15, 0.2) is 0 Å². The summed E-state index contributed by atoms with van der Waals surface area (Å²) >= 11 is 1.85. The quantitative estimate of drug-likeness (QED) is 0.438. The predicted octanol–water partition coefficient (Wildman–Crippen LogP) is 5.75. The molecule has 0 N–H and O–H groups in total. The molecule has 0 saturated carbocycles. The molecular formula is C26H33F3N2O2S. The molecule has 0 aliphatic carbocycles. The minimum absolute atomic E-state index is 0.266. The summed E-state index contributed by atoms with van der Waals surface area (Å²) in [7, 11) is 0. The van der Waals surface area contributed by atoms with E-state index < -0.39 is 17.2 Å². The number of esters is 1. The van der Waals surface area contributed by atoms with Crippen molar-refractivity contribution in [1.82, 2.24) is 9.80 Å². The van der Waals surface area contributed by atoms with Crippen LogP contribution in [0.1, 0.15) is 53.5 Å². The van der Waals surface area contributed by atoms with Gasteiger partial charge < -0.3 is 4.74 Å². The second-order valence-corrected chi connectivity index (χ2v) is 10.8. The number of piperidine rings is 1. The predicted molar refractivity (Wildman–Crippen MR) is 128 cm³/mol. The Morgan fingerprint density at radius 1 is 1.00 bits per heavy atom. The van der Waals surface area contributed by atoms with Gasteiger partial charge in [0, 0.05) is 22.8 Å². The van der Waals surface area contributed by atoms with E-state index in [-0.39, 0.29) is 19.0 Å². The normalized spacial score (nSPS) is 19.4. The highest BCUT2D eigenvalue weighted by Gasteiger charge is 2.43. The molecule has 0 spiro atoms. The first-order valence-corrected chi connectivity index (χ1v) is 12.9. The zero-order valence-corrected chi connectivity index (χ0v) is 20.5. The van der Waals surface area contributed by atoms with Crippen molar-refractivity contribution in [3.8, 4) is 0 Å². The Morgan fingerprint density at radius 2 is 1.62 bits per heavy atom. The third kappa shape index (κ3) is 6.20. The summed E-state index contributed by atoms with van der Waals surface area (Å²) < 4.78 is 45.0. The Hall–Kier alpha value is -1.90. The topological polar surface area (TPSA) is 32.8 Å². The molecule has 2 fully saturated rings. The molecule has 2 saturated heterocycles. The molecule has 2 aliphatic rings. The number of benzene rings is 1. The van der Waals surface area contributed by atoms with Gasteiger partial charge in [-0.05, 0) is 89.0 Å². The Morgan fingerprint density at radius 3 is 2.21 bits per heavy atom. The van der Waals surface area contributed by atoms with E-state index in [1.54, 1.807) is 13.0 Å². The molecule has 4 rings (SSSR count). The maximum atomic E-state index is 13.2. The summed E-state index contributed by atoms with van der Waals surface area (Å²) in [6.45, 7) is 7.70. The second kappa shape index (κ2) is 10.8. The minimum atomic E-state index is -4.40. The summed E-state index contributed by atoms with van der Waals surface area (Å²) in [6.07, 6.45) is -0.404. The van der Waals surface area contributed by atoms with Crippen LogP contribution in [0.15, 0.2) is 36.4 Å². The monoisotopic (exact) mass is 494 g/mol. The van der Waals surface area contributed by atoms with Gasteiger partial charge in [0.05, 0.1) is 17.6 Å². The summed E-state index contributed by atoms with van der Waals surface area (Å²) in [5, 5.41) is 0. The van der Waals surface area contributed by atoms with Gasteiger partial charge in [-0.15, -0.1) is 11.3 Å². The zero-order valence-electron chi connectivity index (χ0n) is 19.7. The van der Waals surface area contributed by atoms with Gasteiger partial charge in [-0.25, -0.2) is 0 Å². The number of hydrogen-bond donors (Lipinski definition) is 0. The van der Waals surface area contributed by atoms with Crippen molar-refractivity contribution in [2.75, 3.05) is 32.8 Å². The van der Waals surface area contributed by atoms with Gasteiger partial charge in [0.25, 0.3) is 0 Å². The molecular weight excluding hydrogens is 461 g/mol. The molecule has 2 aliphatic heterocycles. The summed E-state index contributed by atoms with van der Waals surface area (Å²) in [4.78, 5) is 20.5. The maximum absolute atomic E-state index is 13.2. The SMILES string of the molecule is CCOC(=O)C1(Cc2cccc(C(F)(F)F)c2)CCN(Cc2ccc(CN3CCCC3)s2)CC1. The van der Waals surface area contributed by atoms with Crippen molar-refractivity contribution in [3.63, 3.8) is 0 Å². The van der Waals surface area contributed by atoms with Crippen molar-refractivity contribution in [1.29, 1.82) is 0 Å². The average molecular weight is 495 g/mol. The van der Waals surface area contributed by atoms with Crippen LogP contribution in [0.25, 0.3) is 0 Å². The number of halogens is 3. The maximum Gasteiger partial charge on any atom is 0.416 e. The van der Waals surface area contributed by atoms with Crippen LogP contribution in [0.4, 0.5) is 13.2 Å². The van der Waals surface area contributed by atoms with Crippen LogP contribution >= 0.6 is 11.3 Å². The first kappa shape index (κ1) is 25.2. The number of carbonyl (C=O) groups excluding carboxylic acids is 1. The van der Waals surface area contributed by atoms with Crippen LogP contribution in [-0.2, 0) is 35.2 Å². The van der Waals surface area contributed by atoms with Crippen LogP contribution in [-0.4, -0.2) is 48.6 Å². The van der Waals surface area contributed by atoms with Gasteiger partial charge in [-0.2, -0.15) is 13.2 Å². The van der Waals surface area contributed by atoms with Crippen LogP contribution < -0.4 is 0 Å². The summed E-state index contributed by atoms with van der Waals surface area (Å²) in [5.74, 6) is -0.295. The fraction of sp³-hybridized carbons (Fsp3) is 0.577. The second-order valence-electron chi connectivity index (χ2n) is 9.50. The largest absolute Gasteiger partial charge is 0.466 e. The highest BCUT2D eigenvalue weighted by Crippen LogP contribution is 2.39. The van der Waals surface area contributed by atoms with E-state index in [2.05, 4.69) is 21.9 Å². The van der Waals surface area contributed by atoms with Gasteiger partial charge in [0.2, 0.25) is 0 Å². The Balaban J connectivity index is 1.40. The van der Waals surface area contributed by atoms with E-state index in [9.17, 15) is 18.0 Å². The number of ether oxygens (including phenoxy) is 1. The van der Waals surface area contributed by atoms with Crippen LogP contribution in [0.5, 0.6) is 0 Å². The zero-order chi connectivity index (χ0) is 24.2. The number of carbonyl (C=O) groups is 1. The third-order valence-corrected chi connectivity index (χ3v) is 8.05. The molecule has 8 heteroatoms. The molecule has 0 atom stereocenters. The number of thiophene rings is 1. The molecule has 34 heavy (non-hydrogen) atoms. The number of rotatable bonds is 8. The number of hydrogen-bond acceptors (Lipinski definition) is 5. The Bertz CT molecular complexity index is 961. The van der Waals surface area contributed by atoms with Crippen LogP contribution in [0.2, 0.25) is 0 Å². The number of alkyl halides is 3. The van der Waals surface area contributed by atoms with E-state index >= 15 is 0 Å². The smallest absolute Gasteiger partial charge is 0.416 e. The van der Waals surface area contributed by atoms with E-state index in [4.69, 9.17) is 4.74 Å². The van der Waals surface area contributed by atoms with E-state index in [1.165, 1.54) is 47.8 Å². The average Bonchev–Trinajstić information content (AvgIpc) is 3.47. The molecule has 0 radical (unpaired) electrons. The first-order valence-electron chi connectivity index (χ1n) is 12.1. The molecule has 1 aromatic heterocycles. The third-order valence-electron chi connectivity index (χ3n) is 6.99.